The van der Waals surface area contributed by atoms with E-state index < -0.39 is 0 Å². The Bertz CT molecular complexity index is 308. The maximum Gasteiger partial charge on any atom is 0.308 e. The molecule has 1 fully saturated rings. The van der Waals surface area contributed by atoms with Crippen molar-refractivity contribution in [2.45, 2.75) is 84.3 Å². The number of unbranched alkanes of at least 4 members (excludes halogenated alkanes) is 2. The Kier molecular flexibility index (Phi) is 9.31. The number of Topliss-reactive ketones (excluding diaryl/α,β-unsaturated/α-hetero) is 1. The van der Waals surface area contributed by atoms with E-state index in [1.54, 1.807) is 0 Å². The molecular weight excluding hydrogens is 268 g/mol. The number of ketones is 1. The second-order valence-electron chi connectivity index (χ2n) is 6.13. The van der Waals surface area contributed by atoms with Crippen molar-refractivity contribution in [3.05, 3.63) is 0 Å². The number of carbonyl (C=O) groups excluding carboxylic acids is 2. The van der Waals surface area contributed by atoms with Crippen molar-refractivity contribution in [2.24, 2.45) is 5.92 Å². The van der Waals surface area contributed by atoms with Gasteiger partial charge in [0.15, 0.2) is 0 Å². The summed E-state index contributed by atoms with van der Waals surface area (Å²) in [5.41, 5.74) is 0. The zero-order chi connectivity index (χ0) is 15.5. The fourth-order valence-corrected chi connectivity index (χ4v) is 2.58. The van der Waals surface area contributed by atoms with Gasteiger partial charge in [-0.05, 0) is 25.2 Å². The van der Waals surface area contributed by atoms with Gasteiger partial charge in [-0.3, -0.25) is 9.59 Å². The van der Waals surface area contributed by atoms with Gasteiger partial charge in [0.1, 0.15) is 5.78 Å². The van der Waals surface area contributed by atoms with Crippen LogP contribution in [-0.2, 0) is 19.1 Å². The molecule has 122 valence electrons. The monoisotopic (exact) mass is 298 g/mol. The first-order chi connectivity index (χ1) is 10.1. The van der Waals surface area contributed by atoms with E-state index in [9.17, 15) is 9.59 Å². The van der Waals surface area contributed by atoms with Crippen LogP contribution in [0.3, 0.4) is 0 Å². The van der Waals surface area contributed by atoms with E-state index in [1.165, 1.54) is 12.8 Å². The third-order valence-electron chi connectivity index (χ3n) is 3.86. The summed E-state index contributed by atoms with van der Waals surface area (Å²) in [4.78, 5) is 23.4. The number of esters is 1. The van der Waals surface area contributed by atoms with Crippen LogP contribution in [-0.4, -0.2) is 24.6 Å². The fourth-order valence-electron chi connectivity index (χ4n) is 2.58. The summed E-state index contributed by atoms with van der Waals surface area (Å²) in [6, 6.07) is 0. The summed E-state index contributed by atoms with van der Waals surface area (Å²) in [6.07, 6.45) is 8.11. The number of hydrogen-bond donors (Lipinski definition) is 0. The molecule has 4 nitrogen and oxygen atoms in total. The van der Waals surface area contributed by atoms with Gasteiger partial charge in [0.2, 0.25) is 6.29 Å². The molecule has 1 saturated heterocycles. The van der Waals surface area contributed by atoms with Crippen LogP contribution in [0.2, 0.25) is 0 Å². The fraction of sp³-hybridized carbons (Fsp3) is 0.882. The molecule has 0 bridgehead atoms. The third kappa shape index (κ3) is 8.86. The normalized spacial score (nSPS) is 19.4. The highest BCUT2D eigenvalue weighted by atomic mass is 16.7. The standard InChI is InChI=1S/C17H30O4/c1-3-4-8-14(2)13-15(18)9-5-6-10-16(19)21-17-11-7-12-20-17/h14,17H,3-13H2,1-2H3. The topological polar surface area (TPSA) is 52.6 Å². The lowest BCUT2D eigenvalue weighted by atomic mass is 9.96. The Morgan fingerprint density at radius 2 is 2.00 bits per heavy atom. The molecule has 1 aliphatic rings. The van der Waals surface area contributed by atoms with Gasteiger partial charge >= 0.3 is 5.97 Å². The second-order valence-corrected chi connectivity index (χ2v) is 6.13. The van der Waals surface area contributed by atoms with Gasteiger partial charge in [-0.25, -0.2) is 0 Å². The predicted octanol–water partition coefficient (Wildman–Crippen LogP) is 4.01. The molecule has 1 rings (SSSR count). The number of carbonyl (C=O) groups is 2. The maximum absolute atomic E-state index is 11.8. The van der Waals surface area contributed by atoms with Crippen molar-refractivity contribution >= 4 is 11.8 Å². The average molecular weight is 298 g/mol. The van der Waals surface area contributed by atoms with Gasteiger partial charge < -0.3 is 9.47 Å². The molecule has 1 aliphatic heterocycles. The van der Waals surface area contributed by atoms with E-state index >= 15 is 0 Å². The van der Waals surface area contributed by atoms with Crippen molar-refractivity contribution in [2.75, 3.05) is 6.61 Å². The Hall–Kier alpha value is -0.900. The van der Waals surface area contributed by atoms with Gasteiger partial charge in [-0.15, -0.1) is 0 Å². The number of hydrogen-bond acceptors (Lipinski definition) is 4. The molecule has 0 amide bonds. The van der Waals surface area contributed by atoms with E-state index in [2.05, 4.69) is 13.8 Å². The summed E-state index contributed by atoms with van der Waals surface area (Å²) in [7, 11) is 0. The lowest BCUT2D eigenvalue weighted by Crippen LogP contribution is -2.16. The van der Waals surface area contributed by atoms with Crippen molar-refractivity contribution in [3.8, 4) is 0 Å². The first-order valence-corrected chi connectivity index (χ1v) is 8.44. The molecule has 0 aromatic heterocycles. The molecule has 0 aliphatic carbocycles. The first kappa shape index (κ1) is 18.1. The van der Waals surface area contributed by atoms with Gasteiger partial charge in [-0.1, -0.05) is 33.1 Å². The molecule has 0 aromatic carbocycles. The van der Waals surface area contributed by atoms with Crippen LogP contribution in [0.25, 0.3) is 0 Å². The third-order valence-corrected chi connectivity index (χ3v) is 3.86. The van der Waals surface area contributed by atoms with E-state index in [0.717, 1.165) is 32.1 Å². The smallest absolute Gasteiger partial charge is 0.308 e. The van der Waals surface area contributed by atoms with Crippen LogP contribution in [0.5, 0.6) is 0 Å². The molecule has 21 heavy (non-hydrogen) atoms. The molecular formula is C17H30O4. The minimum absolute atomic E-state index is 0.203. The highest BCUT2D eigenvalue weighted by Gasteiger charge is 2.19. The zero-order valence-corrected chi connectivity index (χ0v) is 13.6. The molecule has 0 radical (unpaired) electrons. The van der Waals surface area contributed by atoms with Crippen molar-refractivity contribution in [3.63, 3.8) is 0 Å². The van der Waals surface area contributed by atoms with Crippen molar-refractivity contribution < 1.29 is 19.1 Å². The molecule has 0 saturated carbocycles. The molecule has 0 N–H and O–H groups in total. The van der Waals surface area contributed by atoms with Crippen LogP contribution >= 0.6 is 0 Å². The van der Waals surface area contributed by atoms with Crippen molar-refractivity contribution in [1.82, 2.24) is 0 Å². The number of ether oxygens (including phenoxy) is 2. The maximum atomic E-state index is 11.8. The Morgan fingerprint density at radius 1 is 1.24 bits per heavy atom. The van der Waals surface area contributed by atoms with Crippen LogP contribution < -0.4 is 0 Å². The molecule has 2 atom stereocenters. The highest BCUT2D eigenvalue weighted by Crippen LogP contribution is 2.16. The molecule has 0 spiro atoms. The summed E-state index contributed by atoms with van der Waals surface area (Å²) >= 11 is 0. The van der Waals surface area contributed by atoms with Crippen molar-refractivity contribution in [1.29, 1.82) is 0 Å². The summed E-state index contributed by atoms with van der Waals surface area (Å²) < 4.78 is 10.4. The highest BCUT2D eigenvalue weighted by molar-refractivity contribution is 5.78. The van der Waals surface area contributed by atoms with Gasteiger partial charge in [0.05, 0.1) is 6.61 Å². The van der Waals surface area contributed by atoms with E-state index in [-0.39, 0.29) is 12.3 Å². The van der Waals surface area contributed by atoms with Gasteiger partial charge in [0.25, 0.3) is 0 Å². The van der Waals surface area contributed by atoms with Gasteiger partial charge in [0, 0.05) is 25.7 Å². The Morgan fingerprint density at radius 3 is 2.67 bits per heavy atom. The van der Waals surface area contributed by atoms with Crippen LogP contribution in [0, 0.1) is 5.92 Å². The predicted molar refractivity (Wildman–Crippen MR) is 81.8 cm³/mol. The lowest BCUT2D eigenvalue weighted by Gasteiger charge is -2.11. The Balaban J connectivity index is 1.99. The summed E-state index contributed by atoms with van der Waals surface area (Å²) in [5.74, 6) is 0.610. The van der Waals surface area contributed by atoms with Crippen LogP contribution in [0.4, 0.5) is 0 Å². The van der Waals surface area contributed by atoms with E-state index in [0.29, 0.717) is 37.6 Å². The van der Waals surface area contributed by atoms with Gasteiger partial charge in [-0.2, -0.15) is 0 Å². The van der Waals surface area contributed by atoms with E-state index in [1.807, 2.05) is 0 Å². The van der Waals surface area contributed by atoms with Crippen LogP contribution in [0.1, 0.15) is 78.1 Å². The summed E-state index contributed by atoms with van der Waals surface area (Å²) in [5, 5.41) is 0. The molecule has 1 heterocycles. The average Bonchev–Trinajstić information content (AvgIpc) is 2.94. The molecule has 0 aromatic rings. The second kappa shape index (κ2) is 10.8. The summed E-state index contributed by atoms with van der Waals surface area (Å²) in [6.45, 7) is 5.00. The zero-order valence-electron chi connectivity index (χ0n) is 13.6. The molecule has 4 heteroatoms. The SMILES string of the molecule is CCCCC(C)CC(=O)CCCCC(=O)OC1CCCO1. The van der Waals surface area contributed by atoms with Crippen LogP contribution in [0.15, 0.2) is 0 Å². The minimum Gasteiger partial charge on any atom is -0.436 e. The number of rotatable bonds is 11. The Labute approximate surface area is 128 Å². The van der Waals surface area contributed by atoms with E-state index in [4.69, 9.17) is 9.47 Å². The molecule has 2 unspecified atom stereocenters. The quantitative estimate of drug-likeness (QED) is 0.427. The lowest BCUT2D eigenvalue weighted by molar-refractivity contribution is -0.169. The minimum atomic E-state index is -0.335. The largest absolute Gasteiger partial charge is 0.436 e. The first-order valence-electron chi connectivity index (χ1n) is 8.44.